The van der Waals surface area contributed by atoms with Crippen LogP contribution in [-0.4, -0.2) is 24.4 Å². The lowest BCUT2D eigenvalue weighted by atomic mass is 9.91. The highest BCUT2D eigenvalue weighted by Gasteiger charge is 2.41. The number of halogens is 2. The van der Waals surface area contributed by atoms with E-state index in [-0.39, 0.29) is 13.0 Å². The molecule has 0 aliphatic heterocycles. The molecule has 1 atom stereocenters. The van der Waals surface area contributed by atoms with Crippen molar-refractivity contribution in [1.29, 1.82) is 0 Å². The summed E-state index contributed by atoms with van der Waals surface area (Å²) in [7, 11) is 0. The van der Waals surface area contributed by atoms with Crippen molar-refractivity contribution in [3.8, 4) is 0 Å². The highest BCUT2D eigenvalue weighted by Crippen LogP contribution is 2.33. The van der Waals surface area contributed by atoms with Crippen molar-refractivity contribution < 1.29 is 13.6 Å². The molecule has 1 aliphatic carbocycles. The van der Waals surface area contributed by atoms with Crippen molar-refractivity contribution in [2.24, 2.45) is 5.73 Å². The summed E-state index contributed by atoms with van der Waals surface area (Å²) in [5.74, 6) is -3.27. The predicted octanol–water partition coefficient (Wildman–Crippen LogP) is 0.639. The van der Waals surface area contributed by atoms with Gasteiger partial charge in [0, 0.05) is 6.42 Å². The largest absolute Gasteiger partial charge is 0.346 e. The molecule has 3 N–H and O–H groups in total. The lowest BCUT2D eigenvalue weighted by molar-refractivity contribution is -0.126. The van der Waals surface area contributed by atoms with Gasteiger partial charge in [0.15, 0.2) is 0 Å². The molecular weight excluding hydrogens is 178 g/mol. The first-order valence-corrected chi connectivity index (χ1v) is 4.43. The molecule has 5 heteroatoms. The zero-order valence-corrected chi connectivity index (χ0v) is 7.35. The standard InChI is InChI=1S/C8H14F2N2O/c9-8(10)4-2-1-3-6(8)12-7(13)5-11/h6H,1-5,11H2,(H,12,13). The van der Waals surface area contributed by atoms with Crippen LogP contribution in [0.3, 0.4) is 0 Å². The molecule has 13 heavy (non-hydrogen) atoms. The van der Waals surface area contributed by atoms with Gasteiger partial charge in [0.2, 0.25) is 5.91 Å². The molecule has 0 spiro atoms. The summed E-state index contributed by atoms with van der Waals surface area (Å²) < 4.78 is 26.2. The van der Waals surface area contributed by atoms with Crippen molar-refractivity contribution >= 4 is 5.91 Å². The minimum atomic E-state index is -2.76. The van der Waals surface area contributed by atoms with E-state index < -0.39 is 17.9 Å². The molecule has 3 nitrogen and oxygen atoms in total. The Bertz CT molecular complexity index is 197. The number of hydrogen-bond acceptors (Lipinski definition) is 2. The van der Waals surface area contributed by atoms with E-state index in [4.69, 9.17) is 5.73 Å². The summed E-state index contributed by atoms with van der Waals surface area (Å²) in [6.07, 6.45) is 1.48. The van der Waals surface area contributed by atoms with Crippen molar-refractivity contribution in [3.63, 3.8) is 0 Å². The number of carbonyl (C=O) groups is 1. The zero-order valence-electron chi connectivity index (χ0n) is 7.35. The molecule has 0 heterocycles. The van der Waals surface area contributed by atoms with Gasteiger partial charge in [-0.05, 0) is 12.8 Å². The minimum absolute atomic E-state index is 0.136. The molecule has 0 bridgehead atoms. The number of nitrogens with one attached hydrogen (secondary N) is 1. The molecule has 0 radical (unpaired) electrons. The van der Waals surface area contributed by atoms with Crippen LogP contribution in [-0.2, 0) is 4.79 Å². The number of carbonyl (C=O) groups excluding carboxylic acids is 1. The van der Waals surface area contributed by atoms with E-state index in [1.54, 1.807) is 0 Å². The van der Waals surface area contributed by atoms with Crippen LogP contribution in [0.1, 0.15) is 25.7 Å². The number of amides is 1. The second kappa shape index (κ2) is 4.00. The summed E-state index contributed by atoms with van der Waals surface area (Å²) in [4.78, 5) is 10.8. The maximum absolute atomic E-state index is 13.1. The topological polar surface area (TPSA) is 55.1 Å². The maximum atomic E-state index is 13.1. The molecule has 1 fully saturated rings. The third-order valence-electron chi connectivity index (χ3n) is 2.28. The van der Waals surface area contributed by atoms with Gasteiger partial charge in [-0.3, -0.25) is 4.79 Å². The summed E-state index contributed by atoms with van der Waals surface area (Å²) in [6.45, 7) is -0.230. The van der Waals surface area contributed by atoms with Crippen LogP contribution in [0.25, 0.3) is 0 Å². The first-order chi connectivity index (χ1) is 6.06. The normalized spacial score (nSPS) is 26.8. The summed E-state index contributed by atoms with van der Waals surface area (Å²) >= 11 is 0. The van der Waals surface area contributed by atoms with E-state index >= 15 is 0 Å². The molecule has 0 aromatic rings. The lowest BCUT2D eigenvalue weighted by Crippen LogP contribution is -2.50. The molecule has 1 unspecified atom stereocenters. The van der Waals surface area contributed by atoms with E-state index in [1.165, 1.54) is 0 Å². The third-order valence-corrected chi connectivity index (χ3v) is 2.28. The van der Waals surface area contributed by atoms with Crippen LogP contribution in [0.5, 0.6) is 0 Å². The van der Waals surface area contributed by atoms with Gasteiger partial charge in [-0.1, -0.05) is 6.42 Å². The average molecular weight is 192 g/mol. The molecule has 1 aliphatic rings. The molecule has 76 valence electrons. The van der Waals surface area contributed by atoms with Gasteiger partial charge >= 0.3 is 0 Å². The fourth-order valence-electron chi connectivity index (χ4n) is 1.53. The molecular formula is C8H14F2N2O. The minimum Gasteiger partial charge on any atom is -0.346 e. The highest BCUT2D eigenvalue weighted by atomic mass is 19.3. The molecule has 1 rings (SSSR count). The zero-order chi connectivity index (χ0) is 9.90. The first kappa shape index (κ1) is 10.4. The molecule has 0 aromatic carbocycles. The molecule has 0 saturated heterocycles. The maximum Gasteiger partial charge on any atom is 0.267 e. The second-order valence-corrected chi connectivity index (χ2v) is 3.33. The Labute approximate surface area is 75.7 Å². The summed E-state index contributed by atoms with van der Waals surface area (Å²) in [6, 6.07) is -1.02. The van der Waals surface area contributed by atoms with Crippen LogP contribution in [0.4, 0.5) is 8.78 Å². The Morgan fingerprint density at radius 3 is 2.77 bits per heavy atom. The Morgan fingerprint density at radius 1 is 1.54 bits per heavy atom. The van der Waals surface area contributed by atoms with Gasteiger partial charge < -0.3 is 11.1 Å². The Kier molecular flexibility index (Phi) is 3.19. The highest BCUT2D eigenvalue weighted by molar-refractivity contribution is 5.78. The Morgan fingerprint density at radius 2 is 2.23 bits per heavy atom. The van der Waals surface area contributed by atoms with Crippen molar-refractivity contribution in [2.45, 2.75) is 37.6 Å². The number of alkyl halides is 2. The van der Waals surface area contributed by atoms with Crippen molar-refractivity contribution in [2.75, 3.05) is 6.54 Å². The molecule has 0 aromatic heterocycles. The monoisotopic (exact) mass is 192 g/mol. The summed E-state index contributed by atoms with van der Waals surface area (Å²) in [5.41, 5.74) is 5.02. The number of rotatable bonds is 2. The first-order valence-electron chi connectivity index (χ1n) is 4.43. The number of nitrogens with two attached hydrogens (primary N) is 1. The van der Waals surface area contributed by atoms with E-state index in [0.717, 1.165) is 6.42 Å². The van der Waals surface area contributed by atoms with Crippen molar-refractivity contribution in [1.82, 2.24) is 5.32 Å². The Balaban J connectivity index is 2.51. The van der Waals surface area contributed by atoms with Gasteiger partial charge in [0.1, 0.15) is 0 Å². The van der Waals surface area contributed by atoms with Crippen LogP contribution < -0.4 is 11.1 Å². The SMILES string of the molecule is NCC(=O)NC1CCCCC1(F)F. The van der Waals surface area contributed by atoms with Crippen LogP contribution in [0, 0.1) is 0 Å². The van der Waals surface area contributed by atoms with Gasteiger partial charge in [-0.15, -0.1) is 0 Å². The van der Waals surface area contributed by atoms with Crippen LogP contribution >= 0.6 is 0 Å². The van der Waals surface area contributed by atoms with E-state index in [0.29, 0.717) is 12.8 Å². The van der Waals surface area contributed by atoms with Gasteiger partial charge in [0.05, 0.1) is 12.6 Å². The smallest absolute Gasteiger partial charge is 0.267 e. The molecule has 1 saturated carbocycles. The van der Waals surface area contributed by atoms with Crippen LogP contribution in [0.2, 0.25) is 0 Å². The number of hydrogen-bond donors (Lipinski definition) is 2. The van der Waals surface area contributed by atoms with Gasteiger partial charge in [-0.2, -0.15) is 0 Å². The van der Waals surface area contributed by atoms with Crippen LogP contribution in [0.15, 0.2) is 0 Å². The second-order valence-electron chi connectivity index (χ2n) is 3.33. The average Bonchev–Trinajstić information content (AvgIpc) is 2.08. The lowest BCUT2D eigenvalue weighted by Gasteiger charge is -2.31. The fraction of sp³-hybridized carbons (Fsp3) is 0.875. The quantitative estimate of drug-likeness (QED) is 0.674. The molecule has 1 amide bonds. The van der Waals surface area contributed by atoms with Crippen molar-refractivity contribution in [3.05, 3.63) is 0 Å². The van der Waals surface area contributed by atoms with E-state index in [2.05, 4.69) is 5.32 Å². The third kappa shape index (κ3) is 2.62. The van der Waals surface area contributed by atoms with Gasteiger partial charge in [-0.25, -0.2) is 8.78 Å². The summed E-state index contributed by atoms with van der Waals surface area (Å²) in [5, 5.41) is 2.24. The Hall–Kier alpha value is -0.710. The fourth-order valence-corrected chi connectivity index (χ4v) is 1.53. The van der Waals surface area contributed by atoms with E-state index in [1.807, 2.05) is 0 Å². The van der Waals surface area contributed by atoms with E-state index in [9.17, 15) is 13.6 Å². The predicted molar refractivity (Wildman–Crippen MR) is 44.4 cm³/mol. The van der Waals surface area contributed by atoms with Gasteiger partial charge in [0.25, 0.3) is 5.92 Å².